The highest BCUT2D eigenvalue weighted by Crippen LogP contribution is 2.23. The number of Topliss-reactive ketones (excluding diaryl/α,β-unsaturated/α-hetero) is 1. The van der Waals surface area contributed by atoms with Gasteiger partial charge >= 0.3 is 0 Å². The third-order valence-electron chi connectivity index (χ3n) is 2.01. The average Bonchev–Trinajstić information content (AvgIpc) is 2.62. The first-order valence-electron chi connectivity index (χ1n) is 4.47. The summed E-state index contributed by atoms with van der Waals surface area (Å²) in [6.45, 7) is 1.88. The summed E-state index contributed by atoms with van der Waals surface area (Å²) in [5.41, 5.74) is 1.66. The van der Waals surface area contributed by atoms with Crippen molar-refractivity contribution >= 4 is 22.4 Å². The highest BCUT2D eigenvalue weighted by Gasteiger charge is 2.03. The van der Waals surface area contributed by atoms with Gasteiger partial charge in [0.05, 0.1) is 18.5 Å². The Balaban J connectivity index is 2.32. The summed E-state index contributed by atoms with van der Waals surface area (Å²) in [4.78, 5) is 10.8. The van der Waals surface area contributed by atoms with Crippen LogP contribution in [0.25, 0.3) is 11.0 Å². The minimum absolute atomic E-state index is 0.105. The van der Waals surface area contributed by atoms with E-state index in [2.05, 4.69) is 5.32 Å². The van der Waals surface area contributed by atoms with E-state index in [-0.39, 0.29) is 5.78 Å². The molecule has 1 heterocycles. The molecular formula is C11H11NO2. The van der Waals surface area contributed by atoms with Crippen molar-refractivity contribution in [3.8, 4) is 0 Å². The van der Waals surface area contributed by atoms with Crippen LogP contribution in [0.3, 0.4) is 0 Å². The highest BCUT2D eigenvalue weighted by atomic mass is 16.3. The minimum Gasteiger partial charge on any atom is -0.462 e. The van der Waals surface area contributed by atoms with Crippen molar-refractivity contribution in [2.24, 2.45) is 0 Å². The summed E-state index contributed by atoms with van der Waals surface area (Å²) in [5.74, 6) is 0.105. The van der Waals surface area contributed by atoms with Crippen molar-refractivity contribution in [3.63, 3.8) is 0 Å². The number of para-hydroxylation sites is 1. The van der Waals surface area contributed by atoms with Crippen LogP contribution in [0.1, 0.15) is 6.92 Å². The second-order valence-corrected chi connectivity index (χ2v) is 3.20. The van der Waals surface area contributed by atoms with Crippen LogP contribution in [0.4, 0.5) is 5.69 Å². The first kappa shape index (κ1) is 8.81. The van der Waals surface area contributed by atoms with Gasteiger partial charge in [-0.1, -0.05) is 12.1 Å². The van der Waals surface area contributed by atoms with Gasteiger partial charge in [0, 0.05) is 5.39 Å². The number of benzene rings is 1. The van der Waals surface area contributed by atoms with Gasteiger partial charge in [-0.25, -0.2) is 0 Å². The van der Waals surface area contributed by atoms with Gasteiger partial charge in [-0.2, -0.15) is 0 Å². The molecule has 0 aliphatic rings. The molecule has 14 heavy (non-hydrogen) atoms. The molecule has 1 aromatic heterocycles. The summed E-state index contributed by atoms with van der Waals surface area (Å²) >= 11 is 0. The first-order valence-corrected chi connectivity index (χ1v) is 4.47. The zero-order valence-electron chi connectivity index (χ0n) is 7.91. The number of anilines is 1. The number of carbonyl (C=O) groups is 1. The summed E-state index contributed by atoms with van der Waals surface area (Å²) in [7, 11) is 0. The van der Waals surface area contributed by atoms with Gasteiger partial charge in [0.1, 0.15) is 5.78 Å². The van der Waals surface area contributed by atoms with E-state index in [1.165, 1.54) is 0 Å². The SMILES string of the molecule is CC(=O)CNc1cccc2ccoc12. The van der Waals surface area contributed by atoms with E-state index in [0.717, 1.165) is 16.7 Å². The van der Waals surface area contributed by atoms with E-state index >= 15 is 0 Å². The van der Waals surface area contributed by atoms with Gasteiger partial charge in [-0.05, 0) is 19.1 Å². The third-order valence-corrected chi connectivity index (χ3v) is 2.01. The van der Waals surface area contributed by atoms with E-state index in [1.807, 2.05) is 24.3 Å². The van der Waals surface area contributed by atoms with Crippen LogP contribution < -0.4 is 5.32 Å². The monoisotopic (exact) mass is 189 g/mol. The van der Waals surface area contributed by atoms with Crippen LogP contribution in [0.5, 0.6) is 0 Å². The van der Waals surface area contributed by atoms with Gasteiger partial charge < -0.3 is 9.73 Å². The van der Waals surface area contributed by atoms with Gasteiger partial charge in [0.25, 0.3) is 0 Å². The summed E-state index contributed by atoms with van der Waals surface area (Å²) in [6.07, 6.45) is 1.64. The van der Waals surface area contributed by atoms with Crippen LogP contribution in [-0.4, -0.2) is 12.3 Å². The van der Waals surface area contributed by atoms with Crippen LogP contribution in [0, 0.1) is 0 Å². The molecule has 0 radical (unpaired) electrons. The van der Waals surface area contributed by atoms with Gasteiger partial charge in [-0.15, -0.1) is 0 Å². The third kappa shape index (κ3) is 1.62. The van der Waals surface area contributed by atoms with Gasteiger partial charge in [0.15, 0.2) is 5.58 Å². The average molecular weight is 189 g/mol. The molecular weight excluding hydrogens is 178 g/mol. The number of furan rings is 1. The molecule has 0 unspecified atom stereocenters. The quantitative estimate of drug-likeness (QED) is 0.806. The van der Waals surface area contributed by atoms with E-state index < -0.39 is 0 Å². The molecule has 3 nitrogen and oxygen atoms in total. The maximum absolute atomic E-state index is 10.8. The lowest BCUT2D eigenvalue weighted by molar-refractivity contribution is -0.115. The number of rotatable bonds is 3. The fourth-order valence-electron chi connectivity index (χ4n) is 1.35. The Kier molecular flexibility index (Phi) is 2.23. The zero-order valence-corrected chi connectivity index (χ0v) is 7.91. The molecule has 2 aromatic rings. The van der Waals surface area contributed by atoms with E-state index in [0.29, 0.717) is 6.54 Å². The number of nitrogens with one attached hydrogen (secondary N) is 1. The number of fused-ring (bicyclic) bond motifs is 1. The number of ketones is 1. The molecule has 1 N–H and O–H groups in total. The largest absolute Gasteiger partial charge is 0.462 e. The van der Waals surface area contributed by atoms with Crippen LogP contribution in [0.2, 0.25) is 0 Å². The van der Waals surface area contributed by atoms with E-state index in [4.69, 9.17) is 4.42 Å². The van der Waals surface area contributed by atoms with Crippen molar-refractivity contribution in [1.29, 1.82) is 0 Å². The predicted molar refractivity (Wildman–Crippen MR) is 55.4 cm³/mol. The maximum atomic E-state index is 10.8. The second-order valence-electron chi connectivity index (χ2n) is 3.20. The molecule has 72 valence electrons. The Morgan fingerprint density at radius 1 is 1.43 bits per heavy atom. The predicted octanol–water partition coefficient (Wildman–Crippen LogP) is 2.43. The Labute approximate surface area is 81.7 Å². The van der Waals surface area contributed by atoms with E-state index in [1.54, 1.807) is 13.2 Å². The molecule has 3 heteroatoms. The lowest BCUT2D eigenvalue weighted by atomic mass is 10.2. The smallest absolute Gasteiger partial charge is 0.156 e. The molecule has 0 bridgehead atoms. The molecule has 0 fully saturated rings. The van der Waals surface area contributed by atoms with Crippen molar-refractivity contribution < 1.29 is 9.21 Å². The number of hydrogen-bond donors (Lipinski definition) is 1. The molecule has 0 saturated carbocycles. The number of hydrogen-bond acceptors (Lipinski definition) is 3. The topological polar surface area (TPSA) is 42.2 Å². The minimum atomic E-state index is 0.105. The maximum Gasteiger partial charge on any atom is 0.156 e. The van der Waals surface area contributed by atoms with Gasteiger partial charge in [0.2, 0.25) is 0 Å². The van der Waals surface area contributed by atoms with E-state index in [9.17, 15) is 4.79 Å². The van der Waals surface area contributed by atoms with Crippen LogP contribution in [-0.2, 0) is 4.79 Å². The normalized spacial score (nSPS) is 10.4. The molecule has 0 saturated heterocycles. The van der Waals surface area contributed by atoms with Crippen molar-refractivity contribution in [1.82, 2.24) is 0 Å². The van der Waals surface area contributed by atoms with Crippen molar-refractivity contribution in [2.45, 2.75) is 6.92 Å². The molecule has 0 spiro atoms. The Hall–Kier alpha value is -1.77. The Bertz CT molecular complexity index is 459. The lowest BCUT2D eigenvalue weighted by Gasteiger charge is -2.03. The lowest BCUT2D eigenvalue weighted by Crippen LogP contribution is -2.09. The molecule has 0 atom stereocenters. The standard InChI is InChI=1S/C11H11NO2/c1-8(13)7-12-10-4-2-3-9-5-6-14-11(9)10/h2-6,12H,7H2,1H3. The zero-order chi connectivity index (χ0) is 9.97. The number of carbonyl (C=O) groups excluding carboxylic acids is 1. The second kappa shape index (κ2) is 3.54. The molecule has 0 aliphatic heterocycles. The van der Waals surface area contributed by atoms with Crippen molar-refractivity contribution in [2.75, 3.05) is 11.9 Å². The summed E-state index contributed by atoms with van der Waals surface area (Å²) in [5, 5.41) is 4.07. The fourth-order valence-corrected chi connectivity index (χ4v) is 1.35. The Morgan fingerprint density at radius 2 is 2.29 bits per heavy atom. The molecule has 2 rings (SSSR count). The van der Waals surface area contributed by atoms with Crippen molar-refractivity contribution in [3.05, 3.63) is 30.5 Å². The van der Waals surface area contributed by atoms with Gasteiger partial charge in [-0.3, -0.25) is 4.79 Å². The Morgan fingerprint density at radius 3 is 3.07 bits per heavy atom. The summed E-state index contributed by atoms with van der Waals surface area (Å²) < 4.78 is 5.31. The molecule has 1 aromatic carbocycles. The highest BCUT2D eigenvalue weighted by molar-refractivity contribution is 5.90. The molecule has 0 amide bonds. The molecule has 0 aliphatic carbocycles. The first-order chi connectivity index (χ1) is 6.77. The summed E-state index contributed by atoms with van der Waals surface area (Å²) in [6, 6.07) is 7.70. The fraction of sp³-hybridized carbons (Fsp3) is 0.182. The van der Waals surface area contributed by atoms with Crippen LogP contribution >= 0.6 is 0 Å². The van der Waals surface area contributed by atoms with Crippen LogP contribution in [0.15, 0.2) is 34.9 Å².